The van der Waals surface area contributed by atoms with Gasteiger partial charge in [0.1, 0.15) is 0 Å². The number of hydrogen-bond donors (Lipinski definition) is 0. The first-order valence-corrected chi connectivity index (χ1v) is 5.24. The van der Waals surface area contributed by atoms with Gasteiger partial charge in [-0.2, -0.15) is 0 Å². The van der Waals surface area contributed by atoms with Crippen LogP contribution in [-0.4, -0.2) is 29.6 Å². The molecule has 76 valence electrons. The predicted molar refractivity (Wildman–Crippen MR) is 57.1 cm³/mol. The molecule has 0 aromatic heterocycles. The van der Waals surface area contributed by atoms with Crippen LogP contribution >= 0.6 is 0 Å². The molecule has 0 saturated heterocycles. The largest absolute Gasteiger partial charge is 0.358 e. The summed E-state index contributed by atoms with van der Waals surface area (Å²) in [5.74, 6) is 1.51. The molecule has 0 fully saturated rings. The van der Waals surface area contributed by atoms with Gasteiger partial charge in [-0.15, -0.1) is 0 Å². The molecule has 2 nitrogen and oxygen atoms in total. The van der Waals surface area contributed by atoms with Crippen LogP contribution in [0.4, 0.5) is 0 Å². The average molecular weight is 182 g/mol. The highest BCUT2D eigenvalue weighted by molar-refractivity contribution is 4.90. The Morgan fingerprint density at radius 3 is 1.62 bits per heavy atom. The summed E-state index contributed by atoms with van der Waals surface area (Å²) < 4.78 is 0. The van der Waals surface area contributed by atoms with E-state index in [1.54, 1.807) is 0 Å². The summed E-state index contributed by atoms with van der Waals surface area (Å²) in [6.45, 7) is 12.5. The smallest absolute Gasteiger partial charge is 0.0893 e. The zero-order valence-corrected chi connectivity index (χ0v) is 9.33. The van der Waals surface area contributed by atoms with Crippen LogP contribution in [0.5, 0.6) is 0 Å². The fourth-order valence-electron chi connectivity index (χ4n) is 1.69. The first-order chi connectivity index (χ1) is 6.08. The molecule has 0 aromatic rings. The van der Waals surface area contributed by atoms with Crippen LogP contribution in [0.3, 0.4) is 0 Å². The number of hydrogen-bond acceptors (Lipinski definition) is 2. The predicted octanol–water partition coefficient (Wildman–Crippen LogP) is 2.34. The third-order valence-electron chi connectivity index (χ3n) is 2.05. The Bertz CT molecular complexity index is 155. The van der Waals surface area contributed by atoms with Crippen molar-refractivity contribution >= 4 is 0 Å². The third kappa shape index (κ3) is 3.71. The molecule has 0 amide bonds. The van der Waals surface area contributed by atoms with Crippen molar-refractivity contribution in [2.45, 2.75) is 27.7 Å². The van der Waals surface area contributed by atoms with Gasteiger partial charge in [-0.25, -0.2) is 0 Å². The van der Waals surface area contributed by atoms with Crippen LogP contribution in [0.25, 0.3) is 0 Å². The first kappa shape index (κ1) is 10.4. The lowest BCUT2D eigenvalue weighted by atomic mass is 10.2. The Morgan fingerprint density at radius 1 is 0.923 bits per heavy atom. The summed E-state index contributed by atoms with van der Waals surface area (Å²) in [7, 11) is 0. The molecule has 0 radical (unpaired) electrons. The Balaban J connectivity index is 2.25. The van der Waals surface area contributed by atoms with Crippen LogP contribution < -0.4 is 0 Å². The summed E-state index contributed by atoms with van der Waals surface area (Å²) in [6, 6.07) is 0. The van der Waals surface area contributed by atoms with Crippen molar-refractivity contribution in [2.75, 3.05) is 19.8 Å². The van der Waals surface area contributed by atoms with E-state index in [1.165, 1.54) is 13.1 Å². The summed E-state index contributed by atoms with van der Waals surface area (Å²) >= 11 is 0. The maximum atomic E-state index is 2.38. The molecule has 1 rings (SSSR count). The van der Waals surface area contributed by atoms with Crippen molar-refractivity contribution in [2.24, 2.45) is 11.8 Å². The van der Waals surface area contributed by atoms with Gasteiger partial charge in [0.25, 0.3) is 0 Å². The van der Waals surface area contributed by atoms with Crippen LogP contribution in [0, 0.1) is 11.8 Å². The lowest BCUT2D eigenvalue weighted by molar-refractivity contribution is 0.231. The molecule has 0 N–H and O–H groups in total. The number of nitrogens with zero attached hydrogens (tertiary/aromatic N) is 2. The van der Waals surface area contributed by atoms with Crippen LogP contribution in [0.1, 0.15) is 27.7 Å². The highest BCUT2D eigenvalue weighted by atomic mass is 15.3. The van der Waals surface area contributed by atoms with E-state index in [0.717, 1.165) is 18.5 Å². The molecule has 0 spiro atoms. The van der Waals surface area contributed by atoms with Gasteiger partial charge in [-0.05, 0) is 11.8 Å². The average Bonchev–Trinajstić information content (AvgIpc) is 2.33. The minimum Gasteiger partial charge on any atom is -0.358 e. The SMILES string of the molecule is CC(C)CN1C=CN(CC(C)C)C1. The van der Waals surface area contributed by atoms with E-state index >= 15 is 0 Å². The molecule has 0 saturated carbocycles. The van der Waals surface area contributed by atoms with Gasteiger partial charge >= 0.3 is 0 Å². The summed E-state index contributed by atoms with van der Waals surface area (Å²) in [5.41, 5.74) is 0. The van der Waals surface area contributed by atoms with Gasteiger partial charge in [0.2, 0.25) is 0 Å². The Labute approximate surface area is 82.2 Å². The molecule has 0 aliphatic carbocycles. The molecule has 0 aromatic carbocycles. The van der Waals surface area contributed by atoms with Gasteiger partial charge < -0.3 is 9.80 Å². The molecule has 0 unspecified atom stereocenters. The minimum absolute atomic E-state index is 0.753. The van der Waals surface area contributed by atoms with Crippen molar-refractivity contribution in [1.29, 1.82) is 0 Å². The molecule has 0 atom stereocenters. The molecule has 1 aliphatic heterocycles. The fraction of sp³-hybridized carbons (Fsp3) is 0.818. The van der Waals surface area contributed by atoms with Crippen molar-refractivity contribution in [1.82, 2.24) is 9.80 Å². The lowest BCUT2D eigenvalue weighted by Crippen LogP contribution is -2.30. The monoisotopic (exact) mass is 182 g/mol. The van der Waals surface area contributed by atoms with E-state index in [0.29, 0.717) is 0 Å². The minimum atomic E-state index is 0.753. The lowest BCUT2D eigenvalue weighted by Gasteiger charge is -2.23. The molecular weight excluding hydrogens is 160 g/mol. The van der Waals surface area contributed by atoms with Crippen molar-refractivity contribution < 1.29 is 0 Å². The summed E-state index contributed by atoms with van der Waals surface area (Å²) in [5, 5.41) is 0. The van der Waals surface area contributed by atoms with Gasteiger partial charge in [-0.3, -0.25) is 0 Å². The molecule has 1 heterocycles. The standard InChI is InChI=1S/C11H22N2/c1-10(2)7-12-5-6-13(9-12)8-11(3)4/h5-6,10-11H,7-9H2,1-4H3. The second-order valence-corrected chi connectivity index (χ2v) is 4.77. The zero-order chi connectivity index (χ0) is 9.84. The Hall–Kier alpha value is -0.660. The Morgan fingerprint density at radius 2 is 1.31 bits per heavy atom. The molecule has 1 aliphatic rings. The third-order valence-corrected chi connectivity index (χ3v) is 2.05. The highest BCUT2D eigenvalue weighted by Gasteiger charge is 2.13. The van der Waals surface area contributed by atoms with E-state index in [2.05, 4.69) is 49.9 Å². The van der Waals surface area contributed by atoms with Gasteiger partial charge in [0, 0.05) is 25.5 Å². The molecule has 0 bridgehead atoms. The molecule has 13 heavy (non-hydrogen) atoms. The van der Waals surface area contributed by atoms with Gasteiger partial charge in [-0.1, -0.05) is 27.7 Å². The van der Waals surface area contributed by atoms with Crippen LogP contribution in [-0.2, 0) is 0 Å². The quantitative estimate of drug-likeness (QED) is 0.658. The maximum Gasteiger partial charge on any atom is 0.0893 e. The van der Waals surface area contributed by atoms with E-state index in [-0.39, 0.29) is 0 Å². The first-order valence-electron chi connectivity index (χ1n) is 5.24. The second-order valence-electron chi connectivity index (χ2n) is 4.77. The van der Waals surface area contributed by atoms with E-state index in [9.17, 15) is 0 Å². The van der Waals surface area contributed by atoms with E-state index < -0.39 is 0 Å². The maximum absolute atomic E-state index is 2.38. The number of rotatable bonds is 4. The zero-order valence-electron chi connectivity index (χ0n) is 9.33. The highest BCUT2D eigenvalue weighted by Crippen LogP contribution is 2.10. The van der Waals surface area contributed by atoms with Crippen LogP contribution in [0.15, 0.2) is 12.4 Å². The van der Waals surface area contributed by atoms with Crippen molar-refractivity contribution in [3.05, 3.63) is 12.4 Å². The summed E-state index contributed by atoms with van der Waals surface area (Å²) in [4.78, 5) is 4.76. The second kappa shape index (κ2) is 4.54. The fourth-order valence-corrected chi connectivity index (χ4v) is 1.69. The van der Waals surface area contributed by atoms with Crippen molar-refractivity contribution in [3.63, 3.8) is 0 Å². The van der Waals surface area contributed by atoms with Crippen molar-refractivity contribution in [3.8, 4) is 0 Å². The van der Waals surface area contributed by atoms with E-state index in [4.69, 9.17) is 0 Å². The van der Waals surface area contributed by atoms with Gasteiger partial charge in [0.15, 0.2) is 0 Å². The molecular formula is C11H22N2. The normalized spacial score (nSPS) is 16.8. The van der Waals surface area contributed by atoms with Crippen LogP contribution in [0.2, 0.25) is 0 Å². The topological polar surface area (TPSA) is 6.48 Å². The van der Waals surface area contributed by atoms with Gasteiger partial charge in [0.05, 0.1) is 6.67 Å². The molecule has 2 heteroatoms. The Kier molecular flexibility index (Phi) is 3.64. The van der Waals surface area contributed by atoms with E-state index in [1.807, 2.05) is 0 Å². The summed E-state index contributed by atoms with van der Waals surface area (Å²) in [6.07, 6.45) is 4.42.